The van der Waals surface area contributed by atoms with E-state index < -0.39 is 11.6 Å². The number of imide groups is 1. The first-order valence-corrected chi connectivity index (χ1v) is 5.72. The van der Waals surface area contributed by atoms with Crippen LogP contribution in [0.4, 0.5) is 4.79 Å². The van der Waals surface area contributed by atoms with E-state index in [1.165, 1.54) is 4.90 Å². The van der Waals surface area contributed by atoms with Crippen molar-refractivity contribution in [3.63, 3.8) is 0 Å². The highest BCUT2D eigenvalue weighted by molar-refractivity contribution is 6.07. The van der Waals surface area contributed by atoms with E-state index in [1.807, 2.05) is 0 Å². The third-order valence-electron chi connectivity index (χ3n) is 3.48. The Hall–Kier alpha value is -1.59. The van der Waals surface area contributed by atoms with Crippen molar-refractivity contribution in [2.45, 2.75) is 38.3 Å². The molecule has 1 aliphatic heterocycles. The summed E-state index contributed by atoms with van der Waals surface area (Å²) in [5.41, 5.74) is -0.947. The van der Waals surface area contributed by atoms with Gasteiger partial charge in [-0.3, -0.25) is 14.9 Å². The maximum absolute atomic E-state index is 11.9. The minimum atomic E-state index is -0.947. The molecule has 1 saturated carbocycles. The summed E-state index contributed by atoms with van der Waals surface area (Å²) in [6, 6.07) is -0.176. The Morgan fingerprint density at radius 3 is 2.47 bits per heavy atom. The van der Waals surface area contributed by atoms with Gasteiger partial charge in [0.15, 0.2) is 0 Å². The van der Waals surface area contributed by atoms with Gasteiger partial charge in [0.1, 0.15) is 12.1 Å². The number of nitrogens with zero attached hydrogens (tertiary/aromatic N) is 2. The first-order valence-electron chi connectivity index (χ1n) is 5.72. The molecule has 0 unspecified atom stereocenters. The Bertz CT molecular complexity index is 387. The topological polar surface area (TPSA) is 69.7 Å². The fraction of sp³-hybridized carbons (Fsp3) is 0.727. The molecule has 0 atom stereocenters. The van der Waals surface area contributed by atoms with Crippen molar-refractivity contribution < 1.29 is 14.4 Å². The minimum Gasteiger partial charge on any atom is -0.341 e. The predicted molar refractivity (Wildman–Crippen MR) is 60.1 cm³/mol. The van der Waals surface area contributed by atoms with Crippen LogP contribution in [0.2, 0.25) is 0 Å². The molecule has 17 heavy (non-hydrogen) atoms. The monoisotopic (exact) mass is 239 g/mol. The zero-order valence-electron chi connectivity index (χ0n) is 10.3. The Balaban J connectivity index is 2.04. The molecule has 1 N–H and O–H groups in total. The Labute approximate surface area is 99.9 Å². The Morgan fingerprint density at radius 2 is 2.06 bits per heavy atom. The molecule has 1 heterocycles. The number of nitrogens with one attached hydrogen (secondary N) is 1. The lowest BCUT2D eigenvalue weighted by Gasteiger charge is -2.29. The van der Waals surface area contributed by atoms with Gasteiger partial charge >= 0.3 is 6.03 Å². The smallest absolute Gasteiger partial charge is 0.325 e. The second kappa shape index (κ2) is 3.72. The molecule has 0 aromatic carbocycles. The van der Waals surface area contributed by atoms with Crippen LogP contribution in [0.1, 0.15) is 26.7 Å². The van der Waals surface area contributed by atoms with Gasteiger partial charge in [0.05, 0.1) is 0 Å². The van der Waals surface area contributed by atoms with E-state index >= 15 is 0 Å². The quantitative estimate of drug-likeness (QED) is 0.701. The lowest BCUT2D eigenvalue weighted by atomic mass is 10.0. The predicted octanol–water partition coefficient (Wildman–Crippen LogP) is -0.0624. The first kappa shape index (κ1) is 11.9. The highest BCUT2D eigenvalue weighted by atomic mass is 16.2. The third-order valence-corrected chi connectivity index (χ3v) is 3.48. The van der Waals surface area contributed by atoms with E-state index in [9.17, 15) is 14.4 Å². The Kier molecular flexibility index (Phi) is 2.60. The van der Waals surface area contributed by atoms with Gasteiger partial charge in [-0.2, -0.15) is 0 Å². The summed E-state index contributed by atoms with van der Waals surface area (Å²) in [6.45, 7) is 3.23. The number of likely N-dealkylation sites (N-methyl/N-ethyl adjacent to an activating group) is 1. The second-order valence-corrected chi connectivity index (χ2v) is 5.14. The van der Waals surface area contributed by atoms with E-state index in [-0.39, 0.29) is 18.4 Å². The van der Waals surface area contributed by atoms with Gasteiger partial charge in [0, 0.05) is 13.1 Å². The number of rotatable bonds is 3. The molecular formula is C11H17N3O3. The lowest BCUT2D eigenvalue weighted by Crippen LogP contribution is -2.49. The van der Waals surface area contributed by atoms with Crippen molar-refractivity contribution in [3.8, 4) is 0 Å². The number of carbonyl (C=O) groups is 3. The summed E-state index contributed by atoms with van der Waals surface area (Å²) in [5.74, 6) is -0.477. The van der Waals surface area contributed by atoms with Crippen molar-refractivity contribution >= 4 is 17.8 Å². The largest absolute Gasteiger partial charge is 0.341 e. The molecule has 94 valence electrons. The van der Waals surface area contributed by atoms with Gasteiger partial charge in [0.25, 0.3) is 5.91 Å². The van der Waals surface area contributed by atoms with E-state index in [0.717, 1.165) is 12.8 Å². The minimum absolute atomic E-state index is 0.0441. The van der Waals surface area contributed by atoms with Crippen LogP contribution in [-0.2, 0) is 9.59 Å². The van der Waals surface area contributed by atoms with Crippen LogP contribution in [-0.4, -0.2) is 52.8 Å². The molecule has 0 radical (unpaired) electrons. The molecule has 6 heteroatoms. The average Bonchev–Trinajstić information content (AvgIpc) is 3.04. The van der Waals surface area contributed by atoms with Crippen LogP contribution in [0, 0.1) is 0 Å². The summed E-state index contributed by atoms with van der Waals surface area (Å²) in [7, 11) is 1.74. The summed E-state index contributed by atoms with van der Waals surface area (Å²) >= 11 is 0. The fourth-order valence-electron chi connectivity index (χ4n) is 1.88. The molecule has 0 spiro atoms. The zero-order valence-corrected chi connectivity index (χ0v) is 10.3. The van der Waals surface area contributed by atoms with Crippen LogP contribution >= 0.6 is 0 Å². The first-order chi connectivity index (χ1) is 7.84. The highest BCUT2D eigenvalue weighted by Gasteiger charge is 2.46. The number of amides is 4. The number of urea groups is 1. The molecule has 0 aromatic heterocycles. The maximum atomic E-state index is 11.9. The molecule has 1 saturated heterocycles. The molecule has 4 amide bonds. The fourth-order valence-corrected chi connectivity index (χ4v) is 1.88. The number of carbonyl (C=O) groups excluding carboxylic acids is 3. The van der Waals surface area contributed by atoms with E-state index in [4.69, 9.17) is 0 Å². The van der Waals surface area contributed by atoms with Crippen molar-refractivity contribution in [1.29, 1.82) is 0 Å². The third kappa shape index (κ3) is 1.99. The van der Waals surface area contributed by atoms with Gasteiger partial charge in [-0.05, 0) is 26.7 Å². The molecule has 2 fully saturated rings. The van der Waals surface area contributed by atoms with Gasteiger partial charge in [-0.1, -0.05) is 0 Å². The van der Waals surface area contributed by atoms with Gasteiger partial charge in [0.2, 0.25) is 5.91 Å². The van der Waals surface area contributed by atoms with Gasteiger partial charge in [-0.25, -0.2) is 4.79 Å². The molecule has 6 nitrogen and oxygen atoms in total. The van der Waals surface area contributed by atoms with Crippen molar-refractivity contribution in [3.05, 3.63) is 0 Å². The molecule has 1 aliphatic carbocycles. The van der Waals surface area contributed by atoms with Crippen LogP contribution in [0.25, 0.3) is 0 Å². The summed E-state index contributed by atoms with van der Waals surface area (Å²) < 4.78 is 0. The van der Waals surface area contributed by atoms with Crippen molar-refractivity contribution in [1.82, 2.24) is 15.1 Å². The van der Waals surface area contributed by atoms with E-state index in [0.29, 0.717) is 6.04 Å². The lowest BCUT2D eigenvalue weighted by molar-refractivity contribution is -0.133. The zero-order chi connectivity index (χ0) is 12.8. The Morgan fingerprint density at radius 1 is 1.47 bits per heavy atom. The van der Waals surface area contributed by atoms with E-state index in [1.54, 1.807) is 25.8 Å². The SMILES string of the molecule is CN(C(=O)CN1C(=O)NC(=O)C1(C)C)C1CC1. The molecular weight excluding hydrogens is 222 g/mol. The number of hydrogen-bond donors (Lipinski definition) is 1. The molecule has 0 aromatic rings. The molecule has 2 aliphatic rings. The number of hydrogen-bond acceptors (Lipinski definition) is 3. The van der Waals surface area contributed by atoms with Crippen LogP contribution in [0.15, 0.2) is 0 Å². The molecule has 2 rings (SSSR count). The van der Waals surface area contributed by atoms with Crippen LogP contribution < -0.4 is 5.32 Å². The average molecular weight is 239 g/mol. The van der Waals surface area contributed by atoms with Crippen molar-refractivity contribution in [2.75, 3.05) is 13.6 Å². The normalized spacial score (nSPS) is 22.6. The van der Waals surface area contributed by atoms with Gasteiger partial charge in [-0.15, -0.1) is 0 Å². The summed E-state index contributed by atoms with van der Waals surface area (Å²) in [5, 5.41) is 2.22. The summed E-state index contributed by atoms with van der Waals surface area (Å²) in [6.07, 6.45) is 2.05. The summed E-state index contributed by atoms with van der Waals surface area (Å²) in [4.78, 5) is 37.9. The maximum Gasteiger partial charge on any atom is 0.325 e. The van der Waals surface area contributed by atoms with Gasteiger partial charge < -0.3 is 9.80 Å². The van der Waals surface area contributed by atoms with Crippen molar-refractivity contribution in [2.24, 2.45) is 0 Å². The molecule has 0 bridgehead atoms. The second-order valence-electron chi connectivity index (χ2n) is 5.14. The van der Waals surface area contributed by atoms with Crippen LogP contribution in [0.3, 0.4) is 0 Å². The van der Waals surface area contributed by atoms with Crippen LogP contribution in [0.5, 0.6) is 0 Å². The standard InChI is InChI=1S/C11H17N3O3/c1-11(2)9(16)12-10(17)14(11)6-8(15)13(3)7-4-5-7/h7H,4-6H2,1-3H3,(H,12,16,17). The van der Waals surface area contributed by atoms with E-state index in [2.05, 4.69) is 5.32 Å². The highest BCUT2D eigenvalue weighted by Crippen LogP contribution is 2.26.